The zero-order chi connectivity index (χ0) is 26.2. The number of rotatable bonds is 11. The second-order valence-corrected chi connectivity index (χ2v) is 9.71. The van der Waals surface area contributed by atoms with Crippen molar-refractivity contribution in [2.24, 2.45) is 5.92 Å². The number of ether oxygens (including phenoxy) is 1. The molecule has 1 aliphatic rings. The van der Waals surface area contributed by atoms with Gasteiger partial charge in [-0.1, -0.05) is 37.5 Å². The topological polar surface area (TPSA) is 96.7 Å². The van der Waals surface area contributed by atoms with Crippen molar-refractivity contribution in [3.63, 3.8) is 0 Å². The molecule has 1 atom stereocenters. The Morgan fingerprint density at radius 2 is 1.81 bits per heavy atom. The first-order chi connectivity index (χ1) is 18.0. The van der Waals surface area contributed by atoms with Crippen LogP contribution in [-0.2, 0) is 16.1 Å². The first-order valence-electron chi connectivity index (χ1n) is 12.9. The SMILES string of the molecule is COCc1nn(-c2ccccc2)cc1C(Nc1ccc(C(=O)N(C)CCC(=O)O)cc1)C1CCCCC1. The first kappa shape index (κ1) is 26.4. The molecule has 2 N–H and O–H groups in total. The van der Waals surface area contributed by atoms with Gasteiger partial charge in [0, 0.05) is 43.7 Å². The number of anilines is 1. The monoisotopic (exact) mass is 504 g/mol. The number of aliphatic carboxylic acids is 1. The van der Waals surface area contributed by atoms with Gasteiger partial charge in [0.2, 0.25) is 0 Å². The van der Waals surface area contributed by atoms with E-state index in [1.807, 2.05) is 47.1 Å². The smallest absolute Gasteiger partial charge is 0.305 e. The number of carbonyl (C=O) groups excluding carboxylic acids is 1. The van der Waals surface area contributed by atoms with E-state index in [2.05, 4.69) is 11.5 Å². The summed E-state index contributed by atoms with van der Waals surface area (Å²) >= 11 is 0. The summed E-state index contributed by atoms with van der Waals surface area (Å²) in [6, 6.07) is 17.6. The van der Waals surface area contributed by atoms with Crippen molar-refractivity contribution in [1.82, 2.24) is 14.7 Å². The van der Waals surface area contributed by atoms with Crippen molar-refractivity contribution in [3.8, 4) is 5.69 Å². The Kier molecular flexibility index (Phi) is 8.95. The summed E-state index contributed by atoms with van der Waals surface area (Å²) in [6.45, 7) is 0.599. The third-order valence-electron chi connectivity index (χ3n) is 7.04. The number of hydrogen-bond acceptors (Lipinski definition) is 5. The normalized spacial score (nSPS) is 14.8. The molecule has 2 aromatic carbocycles. The molecule has 0 bridgehead atoms. The Hall–Kier alpha value is -3.65. The standard InChI is InChI=1S/C29H36N4O4/c1-32(18-17-27(34)35)29(36)22-13-15-23(16-14-22)30-28(21-9-5-3-6-10-21)25-19-33(31-26(25)20-37-2)24-11-7-4-8-12-24/h4,7-8,11-16,19,21,28,30H,3,5-6,9-10,17-18,20H2,1-2H3,(H,34,35). The van der Waals surface area contributed by atoms with Crippen LogP contribution in [-0.4, -0.2) is 52.4 Å². The number of carbonyl (C=O) groups is 2. The van der Waals surface area contributed by atoms with Gasteiger partial charge in [0.25, 0.3) is 5.91 Å². The summed E-state index contributed by atoms with van der Waals surface area (Å²) < 4.78 is 7.45. The van der Waals surface area contributed by atoms with Crippen molar-refractivity contribution >= 4 is 17.6 Å². The minimum atomic E-state index is -0.920. The molecule has 1 fully saturated rings. The van der Waals surface area contributed by atoms with Gasteiger partial charge in [-0.25, -0.2) is 4.68 Å². The van der Waals surface area contributed by atoms with Crippen LogP contribution in [0, 0.1) is 5.92 Å². The minimum absolute atomic E-state index is 0.0581. The number of nitrogens with zero attached hydrogens (tertiary/aromatic N) is 3. The molecular weight excluding hydrogens is 468 g/mol. The maximum atomic E-state index is 12.7. The predicted octanol–water partition coefficient (Wildman–Crippen LogP) is 5.30. The Balaban J connectivity index is 1.59. The van der Waals surface area contributed by atoms with Crippen LogP contribution in [0.1, 0.15) is 66.2 Å². The van der Waals surface area contributed by atoms with Gasteiger partial charge in [0.05, 0.1) is 30.5 Å². The number of nitrogens with one attached hydrogen (secondary N) is 1. The van der Waals surface area contributed by atoms with E-state index in [0.717, 1.165) is 35.5 Å². The third kappa shape index (κ3) is 6.77. The molecule has 1 aromatic heterocycles. The van der Waals surface area contributed by atoms with Gasteiger partial charge in [0.15, 0.2) is 0 Å². The number of carboxylic acid groups (broad SMARTS) is 1. The second kappa shape index (κ2) is 12.5. The molecule has 1 amide bonds. The number of methoxy groups -OCH3 is 1. The number of amides is 1. The Morgan fingerprint density at radius 1 is 1.11 bits per heavy atom. The maximum absolute atomic E-state index is 12.7. The summed E-state index contributed by atoms with van der Waals surface area (Å²) in [5.41, 5.74) is 4.51. The maximum Gasteiger partial charge on any atom is 0.305 e. The zero-order valence-electron chi connectivity index (χ0n) is 21.6. The number of hydrogen-bond donors (Lipinski definition) is 2. The molecule has 8 nitrogen and oxygen atoms in total. The highest BCUT2D eigenvalue weighted by molar-refractivity contribution is 5.94. The number of aromatic nitrogens is 2. The van der Waals surface area contributed by atoms with Crippen LogP contribution >= 0.6 is 0 Å². The summed E-state index contributed by atoms with van der Waals surface area (Å²) in [5, 5.41) is 17.5. The van der Waals surface area contributed by atoms with Gasteiger partial charge in [-0.15, -0.1) is 0 Å². The third-order valence-corrected chi connectivity index (χ3v) is 7.04. The number of benzene rings is 2. The summed E-state index contributed by atoms with van der Waals surface area (Å²) in [7, 11) is 3.32. The molecule has 3 aromatic rings. The molecule has 8 heteroatoms. The van der Waals surface area contributed by atoms with E-state index in [1.165, 1.54) is 24.2 Å². The van der Waals surface area contributed by atoms with E-state index in [0.29, 0.717) is 18.1 Å². The molecule has 196 valence electrons. The minimum Gasteiger partial charge on any atom is -0.481 e. The van der Waals surface area contributed by atoms with Crippen molar-refractivity contribution in [1.29, 1.82) is 0 Å². The van der Waals surface area contributed by atoms with E-state index >= 15 is 0 Å². The molecular formula is C29H36N4O4. The van der Waals surface area contributed by atoms with Crippen molar-refractivity contribution < 1.29 is 19.4 Å². The van der Waals surface area contributed by atoms with Crippen LogP contribution in [0.25, 0.3) is 5.69 Å². The fourth-order valence-electron chi connectivity index (χ4n) is 5.04. The van der Waals surface area contributed by atoms with Gasteiger partial charge < -0.3 is 20.1 Å². The highest BCUT2D eigenvalue weighted by Gasteiger charge is 2.29. The number of para-hydroxylation sites is 1. The summed E-state index contributed by atoms with van der Waals surface area (Å²) in [6.07, 6.45) is 8.02. The molecule has 37 heavy (non-hydrogen) atoms. The molecule has 0 radical (unpaired) electrons. The first-order valence-corrected chi connectivity index (χ1v) is 12.9. The lowest BCUT2D eigenvalue weighted by molar-refractivity contribution is -0.137. The average molecular weight is 505 g/mol. The van der Waals surface area contributed by atoms with E-state index in [9.17, 15) is 9.59 Å². The zero-order valence-corrected chi connectivity index (χ0v) is 21.6. The van der Waals surface area contributed by atoms with E-state index in [-0.39, 0.29) is 24.9 Å². The van der Waals surface area contributed by atoms with Gasteiger partial charge in [-0.3, -0.25) is 9.59 Å². The molecule has 1 unspecified atom stereocenters. The van der Waals surface area contributed by atoms with Crippen LogP contribution < -0.4 is 5.32 Å². The summed E-state index contributed by atoms with van der Waals surface area (Å²) in [5.74, 6) is -0.652. The number of carboxylic acids is 1. The van der Waals surface area contributed by atoms with Crippen LogP contribution in [0.2, 0.25) is 0 Å². The van der Waals surface area contributed by atoms with Crippen molar-refractivity contribution in [2.45, 2.75) is 51.2 Å². The quantitative estimate of drug-likeness (QED) is 0.368. The highest BCUT2D eigenvalue weighted by Crippen LogP contribution is 2.38. The Morgan fingerprint density at radius 3 is 2.46 bits per heavy atom. The molecule has 1 saturated carbocycles. The van der Waals surface area contributed by atoms with E-state index in [4.69, 9.17) is 14.9 Å². The van der Waals surface area contributed by atoms with Gasteiger partial charge in [0.1, 0.15) is 0 Å². The van der Waals surface area contributed by atoms with Crippen molar-refractivity contribution in [2.75, 3.05) is 26.0 Å². The molecule has 0 aliphatic heterocycles. The molecule has 1 heterocycles. The fourth-order valence-corrected chi connectivity index (χ4v) is 5.04. The molecule has 1 aliphatic carbocycles. The van der Waals surface area contributed by atoms with Crippen LogP contribution in [0.3, 0.4) is 0 Å². The van der Waals surface area contributed by atoms with Crippen LogP contribution in [0.4, 0.5) is 5.69 Å². The lowest BCUT2D eigenvalue weighted by Crippen LogP contribution is -2.29. The summed E-state index contributed by atoms with van der Waals surface area (Å²) in [4.78, 5) is 25.0. The van der Waals surface area contributed by atoms with Gasteiger partial charge in [-0.05, 0) is 55.2 Å². The lowest BCUT2D eigenvalue weighted by atomic mass is 9.81. The van der Waals surface area contributed by atoms with Crippen molar-refractivity contribution in [3.05, 3.63) is 77.6 Å². The second-order valence-electron chi connectivity index (χ2n) is 9.71. The van der Waals surface area contributed by atoms with Crippen LogP contribution in [0.15, 0.2) is 60.8 Å². The highest BCUT2D eigenvalue weighted by atomic mass is 16.5. The largest absolute Gasteiger partial charge is 0.481 e. The fraction of sp³-hybridized carbons (Fsp3) is 0.414. The molecule has 0 spiro atoms. The average Bonchev–Trinajstić information content (AvgIpc) is 3.35. The molecule has 4 rings (SSSR count). The van der Waals surface area contributed by atoms with E-state index < -0.39 is 5.97 Å². The predicted molar refractivity (Wildman–Crippen MR) is 143 cm³/mol. The Labute approximate surface area is 218 Å². The van der Waals surface area contributed by atoms with Crippen LogP contribution in [0.5, 0.6) is 0 Å². The van der Waals surface area contributed by atoms with E-state index in [1.54, 1.807) is 26.3 Å². The lowest BCUT2D eigenvalue weighted by Gasteiger charge is -2.32. The Bertz CT molecular complexity index is 1170. The molecule has 0 saturated heterocycles. The van der Waals surface area contributed by atoms with Gasteiger partial charge in [-0.2, -0.15) is 5.10 Å². The van der Waals surface area contributed by atoms with Gasteiger partial charge >= 0.3 is 5.97 Å².